The molecule has 1 aromatic heterocycles. The van der Waals surface area contributed by atoms with Crippen molar-refractivity contribution in [2.24, 2.45) is 5.73 Å². The summed E-state index contributed by atoms with van der Waals surface area (Å²) in [5.41, 5.74) is 4.91. The standard InChI is InChI=1S/C19H16ClFN2O3/c1-19(2,18(22)25)23-17(24)14-9-13(21)7-11-8-15(26-16(11)14)10-3-5-12(20)6-4-10/h3-9H,1-2H3,(H2,22,25)(H,23,24). The second-order valence-electron chi connectivity index (χ2n) is 6.43. The van der Waals surface area contributed by atoms with Gasteiger partial charge in [-0.05, 0) is 56.3 Å². The first-order chi connectivity index (χ1) is 12.2. The lowest BCUT2D eigenvalue weighted by atomic mass is 10.0. The number of amides is 2. The monoisotopic (exact) mass is 374 g/mol. The van der Waals surface area contributed by atoms with Crippen molar-refractivity contribution in [3.63, 3.8) is 0 Å². The van der Waals surface area contributed by atoms with Crippen molar-refractivity contribution in [3.8, 4) is 11.3 Å². The number of halogens is 2. The van der Waals surface area contributed by atoms with Crippen LogP contribution in [-0.4, -0.2) is 17.4 Å². The van der Waals surface area contributed by atoms with Crippen LogP contribution in [0.2, 0.25) is 5.02 Å². The molecular formula is C19H16ClFN2O3. The lowest BCUT2D eigenvalue weighted by Crippen LogP contribution is -2.53. The molecule has 0 atom stereocenters. The molecule has 2 amide bonds. The zero-order valence-corrected chi connectivity index (χ0v) is 14.9. The molecule has 0 spiro atoms. The van der Waals surface area contributed by atoms with Gasteiger partial charge in [0.2, 0.25) is 5.91 Å². The highest BCUT2D eigenvalue weighted by molar-refractivity contribution is 6.30. The molecule has 0 saturated heterocycles. The molecule has 0 aliphatic carbocycles. The number of fused-ring (bicyclic) bond motifs is 1. The Morgan fingerprint density at radius 3 is 2.42 bits per heavy atom. The number of hydrogen-bond donors (Lipinski definition) is 2. The third kappa shape index (κ3) is 3.41. The van der Waals surface area contributed by atoms with Crippen LogP contribution in [-0.2, 0) is 4.79 Å². The molecule has 0 aliphatic heterocycles. The number of nitrogens with two attached hydrogens (primary N) is 1. The minimum absolute atomic E-state index is 0.0189. The van der Waals surface area contributed by atoms with Gasteiger partial charge in [0.25, 0.3) is 5.91 Å². The van der Waals surface area contributed by atoms with Crippen molar-refractivity contribution in [2.75, 3.05) is 0 Å². The average molecular weight is 375 g/mol. The number of carbonyl (C=O) groups excluding carboxylic acids is 2. The van der Waals surface area contributed by atoms with Crippen LogP contribution in [0.1, 0.15) is 24.2 Å². The lowest BCUT2D eigenvalue weighted by Gasteiger charge is -2.22. The van der Waals surface area contributed by atoms with Gasteiger partial charge in [-0.25, -0.2) is 4.39 Å². The van der Waals surface area contributed by atoms with Gasteiger partial charge in [0.1, 0.15) is 22.7 Å². The average Bonchev–Trinajstić information content (AvgIpc) is 2.97. The predicted molar refractivity (Wildman–Crippen MR) is 97.4 cm³/mol. The second kappa shape index (κ2) is 6.46. The number of carbonyl (C=O) groups is 2. The number of furan rings is 1. The minimum atomic E-state index is -1.29. The lowest BCUT2D eigenvalue weighted by molar-refractivity contribution is -0.122. The Bertz CT molecular complexity index is 1010. The zero-order valence-electron chi connectivity index (χ0n) is 14.1. The molecule has 134 valence electrons. The van der Waals surface area contributed by atoms with E-state index < -0.39 is 23.2 Å². The molecule has 3 aromatic rings. The Morgan fingerprint density at radius 1 is 1.15 bits per heavy atom. The van der Waals surface area contributed by atoms with Gasteiger partial charge in [0, 0.05) is 16.0 Å². The van der Waals surface area contributed by atoms with E-state index >= 15 is 0 Å². The summed E-state index contributed by atoms with van der Waals surface area (Å²) >= 11 is 5.88. The van der Waals surface area contributed by atoms with Gasteiger partial charge in [-0.3, -0.25) is 9.59 Å². The van der Waals surface area contributed by atoms with E-state index in [4.69, 9.17) is 21.8 Å². The van der Waals surface area contributed by atoms with Gasteiger partial charge in [0.05, 0.1) is 5.56 Å². The highest BCUT2D eigenvalue weighted by Crippen LogP contribution is 2.31. The van der Waals surface area contributed by atoms with Gasteiger partial charge in [-0.15, -0.1) is 0 Å². The first-order valence-corrected chi connectivity index (χ1v) is 8.16. The smallest absolute Gasteiger partial charge is 0.256 e. The van der Waals surface area contributed by atoms with Crippen LogP contribution >= 0.6 is 11.6 Å². The number of rotatable bonds is 4. The van der Waals surface area contributed by atoms with Crippen molar-refractivity contribution in [3.05, 3.63) is 58.9 Å². The highest BCUT2D eigenvalue weighted by Gasteiger charge is 2.29. The molecule has 3 rings (SSSR count). The SMILES string of the molecule is CC(C)(NC(=O)c1cc(F)cc2cc(-c3ccc(Cl)cc3)oc12)C(N)=O. The summed E-state index contributed by atoms with van der Waals surface area (Å²) in [5, 5.41) is 3.49. The van der Waals surface area contributed by atoms with Crippen LogP contribution in [0.15, 0.2) is 46.9 Å². The quantitative estimate of drug-likeness (QED) is 0.726. The highest BCUT2D eigenvalue weighted by atomic mass is 35.5. The van der Waals surface area contributed by atoms with E-state index in [1.54, 1.807) is 30.3 Å². The summed E-state index contributed by atoms with van der Waals surface area (Å²) in [6, 6.07) is 10.9. The summed E-state index contributed by atoms with van der Waals surface area (Å²) < 4.78 is 19.8. The maximum atomic E-state index is 14.0. The topological polar surface area (TPSA) is 85.3 Å². The number of benzene rings is 2. The molecule has 1 heterocycles. The fourth-order valence-electron chi connectivity index (χ4n) is 2.45. The largest absolute Gasteiger partial charge is 0.455 e. The molecule has 5 nitrogen and oxygen atoms in total. The molecule has 0 fully saturated rings. The predicted octanol–water partition coefficient (Wildman–Crippen LogP) is 3.89. The Labute approximate surface area is 153 Å². The first kappa shape index (κ1) is 17.9. The minimum Gasteiger partial charge on any atom is -0.455 e. The molecule has 0 saturated carbocycles. The molecule has 26 heavy (non-hydrogen) atoms. The summed E-state index contributed by atoms with van der Waals surface area (Å²) in [5.74, 6) is -1.50. The van der Waals surface area contributed by atoms with E-state index in [1.807, 2.05) is 0 Å². The zero-order chi connectivity index (χ0) is 19.1. The number of primary amides is 1. The Hall–Kier alpha value is -2.86. The van der Waals surface area contributed by atoms with Gasteiger partial charge < -0.3 is 15.5 Å². The van der Waals surface area contributed by atoms with Gasteiger partial charge in [-0.1, -0.05) is 11.6 Å². The molecule has 0 radical (unpaired) electrons. The van der Waals surface area contributed by atoms with Crippen molar-refractivity contribution in [2.45, 2.75) is 19.4 Å². The first-order valence-electron chi connectivity index (χ1n) is 7.79. The third-order valence-corrected chi connectivity index (χ3v) is 4.25. The van der Waals surface area contributed by atoms with E-state index in [1.165, 1.54) is 19.9 Å². The molecule has 0 bridgehead atoms. The van der Waals surface area contributed by atoms with Crippen LogP contribution < -0.4 is 11.1 Å². The van der Waals surface area contributed by atoms with Crippen LogP contribution in [0, 0.1) is 5.82 Å². The third-order valence-electron chi connectivity index (χ3n) is 4.00. The van der Waals surface area contributed by atoms with Crippen LogP contribution in [0.25, 0.3) is 22.3 Å². The molecule has 3 N–H and O–H groups in total. The Kier molecular flexibility index (Phi) is 4.46. The van der Waals surface area contributed by atoms with E-state index in [-0.39, 0.29) is 11.1 Å². The molecular weight excluding hydrogens is 359 g/mol. The Morgan fingerprint density at radius 2 is 1.81 bits per heavy atom. The molecule has 2 aromatic carbocycles. The van der Waals surface area contributed by atoms with E-state index in [0.717, 1.165) is 11.6 Å². The molecule has 0 unspecified atom stereocenters. The van der Waals surface area contributed by atoms with E-state index in [0.29, 0.717) is 16.2 Å². The van der Waals surface area contributed by atoms with Crippen molar-refractivity contribution in [1.29, 1.82) is 0 Å². The van der Waals surface area contributed by atoms with Crippen molar-refractivity contribution in [1.82, 2.24) is 5.32 Å². The Balaban J connectivity index is 2.07. The van der Waals surface area contributed by atoms with E-state index in [2.05, 4.69) is 5.32 Å². The van der Waals surface area contributed by atoms with Crippen molar-refractivity contribution >= 4 is 34.4 Å². The van der Waals surface area contributed by atoms with Crippen molar-refractivity contribution < 1.29 is 18.4 Å². The molecule has 0 aliphatic rings. The maximum absolute atomic E-state index is 14.0. The summed E-state index contributed by atoms with van der Waals surface area (Å²) in [6.07, 6.45) is 0. The summed E-state index contributed by atoms with van der Waals surface area (Å²) in [7, 11) is 0. The van der Waals surface area contributed by atoms with Gasteiger partial charge >= 0.3 is 0 Å². The second-order valence-corrected chi connectivity index (χ2v) is 6.87. The normalized spacial score (nSPS) is 11.5. The number of hydrogen-bond acceptors (Lipinski definition) is 3. The summed E-state index contributed by atoms with van der Waals surface area (Å²) in [6.45, 7) is 2.93. The van der Waals surface area contributed by atoms with Crippen LogP contribution in [0.3, 0.4) is 0 Å². The van der Waals surface area contributed by atoms with Gasteiger partial charge in [-0.2, -0.15) is 0 Å². The summed E-state index contributed by atoms with van der Waals surface area (Å²) in [4.78, 5) is 24.0. The fraction of sp³-hybridized carbons (Fsp3) is 0.158. The van der Waals surface area contributed by atoms with Crippen LogP contribution in [0.5, 0.6) is 0 Å². The number of nitrogens with one attached hydrogen (secondary N) is 1. The van der Waals surface area contributed by atoms with Gasteiger partial charge in [0.15, 0.2) is 0 Å². The molecule has 7 heteroatoms. The van der Waals surface area contributed by atoms with Crippen LogP contribution in [0.4, 0.5) is 4.39 Å². The fourth-order valence-corrected chi connectivity index (χ4v) is 2.58. The van der Waals surface area contributed by atoms with E-state index in [9.17, 15) is 14.0 Å². The maximum Gasteiger partial charge on any atom is 0.256 e.